The van der Waals surface area contributed by atoms with Crippen LogP contribution in [0.4, 0.5) is 0 Å². The molecule has 2 aromatic carbocycles. The molecule has 0 aromatic heterocycles. The third-order valence-corrected chi connectivity index (χ3v) is 2.95. The molecule has 2 aromatic rings. The highest BCUT2D eigenvalue weighted by Crippen LogP contribution is 2.28. The van der Waals surface area contributed by atoms with Gasteiger partial charge in [0, 0.05) is 5.02 Å². The molecule has 0 bridgehead atoms. The minimum absolute atomic E-state index is 0.358. The van der Waals surface area contributed by atoms with Gasteiger partial charge in [-0.15, -0.1) is 0 Å². The summed E-state index contributed by atoms with van der Waals surface area (Å²) >= 11 is 6.00. The lowest BCUT2D eigenvalue weighted by molar-refractivity contribution is 0.0601. The van der Waals surface area contributed by atoms with Crippen LogP contribution in [0.5, 0.6) is 0 Å². The van der Waals surface area contributed by atoms with Gasteiger partial charge in [-0.2, -0.15) is 0 Å². The maximum Gasteiger partial charge on any atom is 0.338 e. The number of carbonyl (C=O) groups is 1. The van der Waals surface area contributed by atoms with E-state index < -0.39 is 0 Å². The summed E-state index contributed by atoms with van der Waals surface area (Å²) in [7, 11) is 1.37. The minimum atomic E-state index is -0.358. The number of halogens is 1. The van der Waals surface area contributed by atoms with Crippen molar-refractivity contribution in [1.82, 2.24) is 0 Å². The maximum absolute atomic E-state index is 11.7. The summed E-state index contributed by atoms with van der Waals surface area (Å²) in [5, 5.41) is 0.596. The van der Waals surface area contributed by atoms with Gasteiger partial charge in [-0.1, -0.05) is 41.4 Å². The number of ether oxygens (including phenoxy) is 1. The van der Waals surface area contributed by atoms with Gasteiger partial charge >= 0.3 is 5.97 Å². The summed E-state index contributed by atoms with van der Waals surface area (Å²) in [6.45, 7) is 2.01. The zero-order valence-electron chi connectivity index (χ0n) is 10.2. The highest BCUT2D eigenvalue weighted by atomic mass is 35.5. The van der Waals surface area contributed by atoms with E-state index in [-0.39, 0.29) is 5.97 Å². The van der Waals surface area contributed by atoms with Gasteiger partial charge in [-0.05, 0) is 36.2 Å². The van der Waals surface area contributed by atoms with E-state index in [0.29, 0.717) is 10.6 Å². The van der Waals surface area contributed by atoms with E-state index in [0.717, 1.165) is 16.7 Å². The van der Waals surface area contributed by atoms with Gasteiger partial charge in [0.05, 0.1) is 12.7 Å². The maximum atomic E-state index is 11.7. The summed E-state index contributed by atoms with van der Waals surface area (Å²) in [6.07, 6.45) is 0. The Morgan fingerprint density at radius 1 is 1.17 bits per heavy atom. The molecule has 0 amide bonds. The summed E-state index contributed by atoms with van der Waals surface area (Å²) in [5.74, 6) is -0.358. The second-order valence-electron chi connectivity index (χ2n) is 4.05. The van der Waals surface area contributed by atoms with Gasteiger partial charge in [-0.25, -0.2) is 4.79 Å². The van der Waals surface area contributed by atoms with E-state index in [1.54, 1.807) is 18.2 Å². The quantitative estimate of drug-likeness (QED) is 0.760. The van der Waals surface area contributed by atoms with Crippen LogP contribution in [0.1, 0.15) is 15.9 Å². The highest BCUT2D eigenvalue weighted by Gasteiger charge is 2.13. The zero-order valence-corrected chi connectivity index (χ0v) is 11.0. The van der Waals surface area contributed by atoms with Crippen molar-refractivity contribution >= 4 is 17.6 Å². The Morgan fingerprint density at radius 3 is 2.61 bits per heavy atom. The number of benzene rings is 2. The zero-order chi connectivity index (χ0) is 13.1. The van der Waals surface area contributed by atoms with E-state index >= 15 is 0 Å². The van der Waals surface area contributed by atoms with Crippen LogP contribution in [-0.4, -0.2) is 13.1 Å². The number of rotatable bonds is 2. The van der Waals surface area contributed by atoms with Crippen molar-refractivity contribution in [3.05, 3.63) is 58.6 Å². The predicted octanol–water partition coefficient (Wildman–Crippen LogP) is 4.10. The summed E-state index contributed by atoms with van der Waals surface area (Å²) in [6, 6.07) is 13.1. The molecule has 0 unspecified atom stereocenters. The Kier molecular flexibility index (Phi) is 3.68. The van der Waals surface area contributed by atoms with Crippen molar-refractivity contribution in [3.63, 3.8) is 0 Å². The Hall–Kier alpha value is -1.80. The number of aryl methyl sites for hydroxylation is 1. The number of carbonyl (C=O) groups excluding carboxylic acids is 1. The van der Waals surface area contributed by atoms with Crippen molar-refractivity contribution in [2.45, 2.75) is 6.92 Å². The molecule has 18 heavy (non-hydrogen) atoms. The Balaban J connectivity index is 2.61. The molecule has 2 nitrogen and oxygen atoms in total. The Bertz CT molecular complexity index is 591. The summed E-state index contributed by atoms with van der Waals surface area (Å²) in [5.41, 5.74) is 3.40. The van der Waals surface area contributed by atoms with Crippen molar-refractivity contribution in [2.75, 3.05) is 7.11 Å². The molecule has 3 heteroatoms. The topological polar surface area (TPSA) is 26.3 Å². The van der Waals surface area contributed by atoms with Crippen LogP contribution in [0.2, 0.25) is 5.02 Å². The van der Waals surface area contributed by atoms with Crippen LogP contribution in [0.3, 0.4) is 0 Å². The third kappa shape index (κ3) is 2.54. The molecular formula is C15H13ClO2. The fourth-order valence-corrected chi connectivity index (χ4v) is 2.03. The fraction of sp³-hybridized carbons (Fsp3) is 0.133. The molecule has 0 aliphatic heterocycles. The van der Waals surface area contributed by atoms with Crippen molar-refractivity contribution in [1.29, 1.82) is 0 Å². The predicted molar refractivity (Wildman–Crippen MR) is 73.0 cm³/mol. The molecular weight excluding hydrogens is 248 g/mol. The molecule has 0 aliphatic carbocycles. The highest BCUT2D eigenvalue weighted by molar-refractivity contribution is 6.31. The first-order chi connectivity index (χ1) is 8.61. The standard InChI is InChI=1S/C15H13ClO2/c1-10-4-3-5-11(8-10)14-9-12(16)6-7-13(14)15(17)18-2/h3-9H,1-2H3. The second-order valence-corrected chi connectivity index (χ2v) is 4.49. The lowest BCUT2D eigenvalue weighted by Gasteiger charge is -2.09. The molecule has 0 radical (unpaired) electrons. The van der Waals surface area contributed by atoms with E-state index in [9.17, 15) is 4.79 Å². The number of hydrogen-bond acceptors (Lipinski definition) is 2. The van der Waals surface area contributed by atoms with Crippen LogP contribution in [0.25, 0.3) is 11.1 Å². The van der Waals surface area contributed by atoms with Crippen molar-refractivity contribution in [2.24, 2.45) is 0 Å². The van der Waals surface area contributed by atoms with Gasteiger partial charge in [0.25, 0.3) is 0 Å². The summed E-state index contributed by atoms with van der Waals surface area (Å²) in [4.78, 5) is 11.7. The third-order valence-electron chi connectivity index (χ3n) is 2.72. The molecule has 2 rings (SSSR count). The van der Waals surface area contributed by atoms with E-state index in [1.165, 1.54) is 7.11 Å². The smallest absolute Gasteiger partial charge is 0.338 e. The van der Waals surface area contributed by atoms with Crippen LogP contribution in [0, 0.1) is 6.92 Å². The largest absolute Gasteiger partial charge is 0.465 e. The first-order valence-electron chi connectivity index (χ1n) is 5.56. The Labute approximate surface area is 111 Å². The number of hydrogen-bond donors (Lipinski definition) is 0. The molecule has 0 atom stereocenters. The van der Waals surface area contributed by atoms with Gasteiger partial charge in [0.15, 0.2) is 0 Å². The molecule has 0 aliphatic rings. The van der Waals surface area contributed by atoms with Gasteiger partial charge in [-0.3, -0.25) is 0 Å². The first-order valence-corrected chi connectivity index (χ1v) is 5.94. The van der Waals surface area contributed by atoms with E-state index in [2.05, 4.69) is 0 Å². The van der Waals surface area contributed by atoms with Gasteiger partial charge < -0.3 is 4.74 Å². The average Bonchev–Trinajstić information content (AvgIpc) is 2.38. The normalized spacial score (nSPS) is 10.2. The monoisotopic (exact) mass is 260 g/mol. The lowest BCUT2D eigenvalue weighted by Crippen LogP contribution is -2.03. The molecule has 92 valence electrons. The molecule has 0 saturated carbocycles. The number of methoxy groups -OCH3 is 1. The first kappa shape index (κ1) is 12.7. The lowest BCUT2D eigenvalue weighted by atomic mass is 9.98. The van der Waals surface area contributed by atoms with E-state index in [4.69, 9.17) is 16.3 Å². The SMILES string of the molecule is COC(=O)c1ccc(Cl)cc1-c1cccc(C)c1. The van der Waals surface area contributed by atoms with Crippen LogP contribution in [-0.2, 0) is 4.74 Å². The average molecular weight is 261 g/mol. The van der Waals surface area contributed by atoms with Crippen molar-refractivity contribution in [3.8, 4) is 11.1 Å². The summed E-state index contributed by atoms with van der Waals surface area (Å²) < 4.78 is 4.79. The minimum Gasteiger partial charge on any atom is -0.465 e. The fourth-order valence-electron chi connectivity index (χ4n) is 1.86. The van der Waals surface area contributed by atoms with Gasteiger partial charge in [0.1, 0.15) is 0 Å². The van der Waals surface area contributed by atoms with Crippen LogP contribution >= 0.6 is 11.6 Å². The van der Waals surface area contributed by atoms with Crippen LogP contribution < -0.4 is 0 Å². The van der Waals surface area contributed by atoms with E-state index in [1.807, 2.05) is 31.2 Å². The molecule has 0 saturated heterocycles. The number of esters is 1. The molecule has 0 spiro atoms. The molecule has 0 N–H and O–H groups in total. The van der Waals surface area contributed by atoms with Gasteiger partial charge in [0.2, 0.25) is 0 Å². The van der Waals surface area contributed by atoms with Crippen molar-refractivity contribution < 1.29 is 9.53 Å². The molecule has 0 fully saturated rings. The molecule has 0 heterocycles. The second kappa shape index (κ2) is 5.23. The Morgan fingerprint density at radius 2 is 1.94 bits per heavy atom. The van der Waals surface area contributed by atoms with Crippen LogP contribution in [0.15, 0.2) is 42.5 Å².